The van der Waals surface area contributed by atoms with Crippen LogP contribution in [0.1, 0.15) is 23.3 Å². The molecule has 2 amide bonds. The standard InChI is InChI=1S/C19H20N8O2/c20-17(28)13-11-27-14(9-23-16(27)10-22-13)18-21-4-3-15(24-18)25-5-7-26(8-6-25)19(29)12-1-2-12/h3-4,9-12H,1-2,5-8H2,(H2,20,28). The fourth-order valence-corrected chi connectivity index (χ4v) is 3.58. The van der Waals surface area contributed by atoms with Crippen LogP contribution >= 0.6 is 0 Å². The van der Waals surface area contributed by atoms with Gasteiger partial charge in [-0.25, -0.2) is 19.9 Å². The molecule has 0 bridgehead atoms. The van der Waals surface area contributed by atoms with Crippen molar-refractivity contribution in [3.05, 3.63) is 36.5 Å². The summed E-state index contributed by atoms with van der Waals surface area (Å²) in [6, 6.07) is 1.86. The summed E-state index contributed by atoms with van der Waals surface area (Å²) >= 11 is 0. The Morgan fingerprint density at radius 3 is 2.55 bits per heavy atom. The summed E-state index contributed by atoms with van der Waals surface area (Å²) < 4.78 is 1.71. The first-order valence-corrected chi connectivity index (χ1v) is 9.60. The smallest absolute Gasteiger partial charge is 0.268 e. The summed E-state index contributed by atoms with van der Waals surface area (Å²) in [6.45, 7) is 2.88. The molecule has 2 fully saturated rings. The number of piperazine rings is 1. The molecule has 0 spiro atoms. The number of carbonyl (C=O) groups is 2. The summed E-state index contributed by atoms with van der Waals surface area (Å²) in [5.41, 5.74) is 6.70. The fraction of sp³-hybridized carbons (Fsp3) is 0.368. The largest absolute Gasteiger partial charge is 0.364 e. The minimum Gasteiger partial charge on any atom is -0.364 e. The molecule has 2 N–H and O–H groups in total. The van der Waals surface area contributed by atoms with Crippen LogP contribution < -0.4 is 10.6 Å². The maximum Gasteiger partial charge on any atom is 0.268 e. The number of imidazole rings is 1. The molecule has 0 unspecified atom stereocenters. The van der Waals surface area contributed by atoms with Gasteiger partial charge in [0.05, 0.1) is 12.4 Å². The van der Waals surface area contributed by atoms with Gasteiger partial charge >= 0.3 is 0 Å². The summed E-state index contributed by atoms with van der Waals surface area (Å²) in [5, 5.41) is 0. The molecule has 148 valence electrons. The number of aromatic nitrogens is 5. The lowest BCUT2D eigenvalue weighted by atomic mass is 10.2. The Bertz CT molecular complexity index is 1100. The van der Waals surface area contributed by atoms with Crippen molar-refractivity contribution in [3.63, 3.8) is 0 Å². The predicted octanol–water partition coefficient (Wildman–Crippen LogP) is 0.344. The van der Waals surface area contributed by atoms with Crippen molar-refractivity contribution >= 4 is 23.3 Å². The lowest BCUT2D eigenvalue weighted by Crippen LogP contribution is -2.49. The van der Waals surface area contributed by atoms with Crippen molar-refractivity contribution < 1.29 is 9.59 Å². The van der Waals surface area contributed by atoms with Crippen molar-refractivity contribution in [1.29, 1.82) is 0 Å². The van der Waals surface area contributed by atoms with Crippen LogP contribution in [0.15, 0.2) is 30.9 Å². The normalized spacial score (nSPS) is 17.0. The van der Waals surface area contributed by atoms with E-state index in [9.17, 15) is 9.59 Å². The Labute approximate surface area is 166 Å². The first-order valence-electron chi connectivity index (χ1n) is 9.60. The van der Waals surface area contributed by atoms with E-state index in [2.05, 4.69) is 19.9 Å². The second-order valence-corrected chi connectivity index (χ2v) is 7.33. The van der Waals surface area contributed by atoms with E-state index in [-0.39, 0.29) is 17.5 Å². The predicted molar refractivity (Wildman–Crippen MR) is 104 cm³/mol. The number of nitrogens with two attached hydrogens (primary N) is 1. The van der Waals surface area contributed by atoms with Crippen molar-refractivity contribution in [3.8, 4) is 11.5 Å². The third-order valence-corrected chi connectivity index (χ3v) is 5.36. The molecule has 10 heteroatoms. The molecule has 1 saturated carbocycles. The zero-order chi connectivity index (χ0) is 20.0. The molecule has 1 aliphatic carbocycles. The fourth-order valence-electron chi connectivity index (χ4n) is 3.58. The first kappa shape index (κ1) is 17.5. The van der Waals surface area contributed by atoms with E-state index < -0.39 is 5.91 Å². The monoisotopic (exact) mass is 392 g/mol. The van der Waals surface area contributed by atoms with Crippen molar-refractivity contribution in [1.82, 2.24) is 29.2 Å². The number of carbonyl (C=O) groups excluding carboxylic acids is 2. The van der Waals surface area contributed by atoms with Gasteiger partial charge in [-0.15, -0.1) is 0 Å². The SMILES string of the molecule is NC(=O)c1cn2c(-c3nccc(N4CCN(C(=O)C5CC5)CC4)n3)cnc2cn1. The van der Waals surface area contributed by atoms with E-state index in [1.165, 1.54) is 12.4 Å². The number of amides is 2. The Balaban J connectivity index is 1.39. The van der Waals surface area contributed by atoms with E-state index in [0.717, 1.165) is 31.7 Å². The molecule has 5 rings (SSSR count). The number of rotatable bonds is 4. The second-order valence-electron chi connectivity index (χ2n) is 7.33. The molecule has 3 aromatic heterocycles. The van der Waals surface area contributed by atoms with Crippen LogP contribution in [0.4, 0.5) is 5.82 Å². The molecule has 4 heterocycles. The molecule has 1 saturated heterocycles. The number of hydrogen-bond donors (Lipinski definition) is 1. The van der Waals surface area contributed by atoms with Gasteiger partial charge in [-0.3, -0.25) is 14.0 Å². The first-order chi connectivity index (χ1) is 14.1. The van der Waals surface area contributed by atoms with E-state index in [1.54, 1.807) is 16.8 Å². The average molecular weight is 392 g/mol. The van der Waals surface area contributed by atoms with Crippen LogP contribution in [-0.4, -0.2) is 67.2 Å². The van der Waals surface area contributed by atoms with Gasteiger partial charge in [-0.05, 0) is 18.9 Å². The maximum absolute atomic E-state index is 12.2. The van der Waals surface area contributed by atoms with Gasteiger partial charge in [0.25, 0.3) is 5.91 Å². The van der Waals surface area contributed by atoms with Gasteiger partial charge in [0.15, 0.2) is 11.5 Å². The van der Waals surface area contributed by atoms with Gasteiger partial charge in [-0.1, -0.05) is 0 Å². The van der Waals surface area contributed by atoms with E-state index in [1.807, 2.05) is 11.0 Å². The Morgan fingerprint density at radius 2 is 1.83 bits per heavy atom. The van der Waals surface area contributed by atoms with Gasteiger partial charge < -0.3 is 15.5 Å². The molecular weight excluding hydrogens is 372 g/mol. The third-order valence-electron chi connectivity index (χ3n) is 5.36. The zero-order valence-electron chi connectivity index (χ0n) is 15.7. The van der Waals surface area contributed by atoms with E-state index in [0.29, 0.717) is 30.3 Å². The lowest BCUT2D eigenvalue weighted by Gasteiger charge is -2.35. The van der Waals surface area contributed by atoms with Gasteiger partial charge in [0.2, 0.25) is 5.91 Å². The minimum atomic E-state index is -0.611. The molecule has 29 heavy (non-hydrogen) atoms. The summed E-state index contributed by atoms with van der Waals surface area (Å²) in [5.74, 6) is 1.22. The molecule has 1 aliphatic heterocycles. The summed E-state index contributed by atoms with van der Waals surface area (Å²) in [7, 11) is 0. The average Bonchev–Trinajstić information content (AvgIpc) is 3.52. The molecule has 0 radical (unpaired) electrons. The van der Waals surface area contributed by atoms with Crippen LogP contribution in [0.2, 0.25) is 0 Å². The lowest BCUT2D eigenvalue weighted by molar-refractivity contribution is -0.132. The molecule has 3 aromatic rings. The van der Waals surface area contributed by atoms with Gasteiger partial charge in [0.1, 0.15) is 17.2 Å². The number of primary amides is 1. The number of fused-ring (bicyclic) bond motifs is 1. The Kier molecular flexibility index (Phi) is 4.11. The molecule has 0 atom stereocenters. The highest BCUT2D eigenvalue weighted by atomic mass is 16.2. The Morgan fingerprint density at radius 1 is 1.03 bits per heavy atom. The number of hydrogen-bond acceptors (Lipinski definition) is 7. The van der Waals surface area contributed by atoms with Crippen LogP contribution in [-0.2, 0) is 4.79 Å². The number of nitrogens with zero attached hydrogens (tertiary/aromatic N) is 7. The summed E-state index contributed by atoms with van der Waals surface area (Å²) in [6.07, 6.45) is 8.44. The van der Waals surface area contributed by atoms with Crippen molar-refractivity contribution in [2.75, 3.05) is 31.1 Å². The van der Waals surface area contributed by atoms with Crippen LogP contribution in [0.25, 0.3) is 17.2 Å². The molecular formula is C19H20N8O2. The van der Waals surface area contributed by atoms with E-state index >= 15 is 0 Å². The molecule has 10 nitrogen and oxygen atoms in total. The minimum absolute atomic E-state index is 0.143. The van der Waals surface area contributed by atoms with Crippen LogP contribution in [0, 0.1) is 5.92 Å². The van der Waals surface area contributed by atoms with Gasteiger partial charge in [0, 0.05) is 44.5 Å². The number of anilines is 1. The van der Waals surface area contributed by atoms with Crippen LogP contribution in [0.5, 0.6) is 0 Å². The topological polar surface area (TPSA) is 123 Å². The second kappa shape index (κ2) is 6.80. The highest BCUT2D eigenvalue weighted by molar-refractivity contribution is 5.90. The quantitative estimate of drug-likeness (QED) is 0.679. The van der Waals surface area contributed by atoms with Crippen molar-refractivity contribution in [2.45, 2.75) is 12.8 Å². The van der Waals surface area contributed by atoms with Gasteiger partial charge in [-0.2, -0.15) is 0 Å². The highest BCUT2D eigenvalue weighted by Crippen LogP contribution is 2.31. The third kappa shape index (κ3) is 3.26. The van der Waals surface area contributed by atoms with E-state index in [4.69, 9.17) is 10.7 Å². The Hall–Kier alpha value is -3.56. The zero-order valence-corrected chi connectivity index (χ0v) is 15.7. The molecule has 0 aromatic carbocycles. The molecule has 2 aliphatic rings. The maximum atomic E-state index is 12.2. The van der Waals surface area contributed by atoms with Crippen molar-refractivity contribution in [2.24, 2.45) is 11.7 Å². The highest BCUT2D eigenvalue weighted by Gasteiger charge is 2.34. The van der Waals surface area contributed by atoms with Crippen LogP contribution in [0.3, 0.4) is 0 Å². The summed E-state index contributed by atoms with van der Waals surface area (Å²) in [4.78, 5) is 45.2.